The fourth-order valence-electron chi connectivity index (χ4n) is 3.20. The van der Waals surface area contributed by atoms with E-state index in [1.54, 1.807) is 42.6 Å². The Balaban J connectivity index is 1.61. The Labute approximate surface area is 148 Å². The fourth-order valence-corrected chi connectivity index (χ4v) is 3.20. The Morgan fingerprint density at radius 3 is 2.42 bits per heavy atom. The summed E-state index contributed by atoms with van der Waals surface area (Å²) in [4.78, 5) is 45.2. The van der Waals surface area contributed by atoms with E-state index in [-0.39, 0.29) is 29.8 Å². The molecule has 0 fully saturated rings. The predicted octanol–water partition coefficient (Wildman–Crippen LogP) is 1.77. The van der Waals surface area contributed by atoms with Crippen LogP contribution in [0.3, 0.4) is 0 Å². The number of carbonyl (C=O) groups excluding carboxylic acids is 2. The normalized spacial score (nSPS) is 13.3. The molecule has 0 aliphatic carbocycles. The summed E-state index contributed by atoms with van der Waals surface area (Å²) in [6, 6.07) is 10.3. The molecular formula is C19H15N3O4. The van der Waals surface area contributed by atoms with Crippen molar-refractivity contribution in [3.8, 4) is 5.88 Å². The number of imide groups is 1. The Hall–Kier alpha value is -3.48. The van der Waals surface area contributed by atoms with Gasteiger partial charge in [0.05, 0.1) is 18.2 Å². The lowest BCUT2D eigenvalue weighted by Crippen LogP contribution is -2.32. The van der Waals surface area contributed by atoms with E-state index < -0.39 is 0 Å². The Kier molecular flexibility index (Phi) is 3.76. The van der Waals surface area contributed by atoms with Crippen LogP contribution in [-0.2, 0) is 6.42 Å². The third-order valence-electron chi connectivity index (χ3n) is 4.46. The highest BCUT2D eigenvalue weighted by atomic mass is 16.5. The number of fused-ring (bicyclic) bond motifs is 2. The number of hydrogen-bond acceptors (Lipinski definition) is 5. The van der Waals surface area contributed by atoms with Gasteiger partial charge in [-0.15, -0.1) is 0 Å². The van der Waals surface area contributed by atoms with Gasteiger partial charge in [0.15, 0.2) is 0 Å². The fraction of sp³-hybridized carbons (Fsp3) is 0.158. The van der Waals surface area contributed by atoms with Crippen molar-refractivity contribution in [3.05, 3.63) is 69.8 Å². The number of hydrogen-bond donors (Lipinski definition) is 1. The predicted molar refractivity (Wildman–Crippen MR) is 94.4 cm³/mol. The zero-order valence-corrected chi connectivity index (χ0v) is 14.0. The van der Waals surface area contributed by atoms with E-state index in [4.69, 9.17) is 4.74 Å². The van der Waals surface area contributed by atoms with Gasteiger partial charge in [0, 0.05) is 24.9 Å². The van der Waals surface area contributed by atoms with Crippen LogP contribution in [0.4, 0.5) is 0 Å². The van der Waals surface area contributed by atoms with Crippen molar-refractivity contribution in [2.24, 2.45) is 0 Å². The Morgan fingerprint density at radius 1 is 1.08 bits per heavy atom. The number of benzene rings is 1. The summed E-state index contributed by atoms with van der Waals surface area (Å²) < 4.78 is 5.12. The molecule has 1 N–H and O–H groups in total. The minimum Gasteiger partial charge on any atom is -0.480 e. The number of H-pyrrole nitrogens is 1. The van der Waals surface area contributed by atoms with Gasteiger partial charge in [-0.1, -0.05) is 12.1 Å². The molecule has 3 aromatic rings. The van der Waals surface area contributed by atoms with E-state index in [9.17, 15) is 14.4 Å². The molecular weight excluding hydrogens is 334 g/mol. The monoisotopic (exact) mass is 349 g/mol. The van der Waals surface area contributed by atoms with Gasteiger partial charge < -0.3 is 9.72 Å². The highest BCUT2D eigenvalue weighted by Crippen LogP contribution is 2.23. The van der Waals surface area contributed by atoms with Crippen LogP contribution in [0, 0.1) is 0 Å². The minimum absolute atomic E-state index is 0.190. The summed E-state index contributed by atoms with van der Waals surface area (Å²) in [5, 5.41) is 1.07. The lowest BCUT2D eigenvalue weighted by atomic mass is 10.1. The summed E-state index contributed by atoms with van der Waals surface area (Å²) in [5.74, 6) is -0.352. The smallest absolute Gasteiger partial charge is 0.261 e. The zero-order valence-electron chi connectivity index (χ0n) is 14.0. The average molecular weight is 349 g/mol. The standard InChI is InChI=1S/C19H15N3O4/c1-26-17-15-11(6-8-20-17)10-12(21-16(15)23)7-9-22-18(24)13-4-2-3-5-14(13)19(22)25/h2-6,8,10H,7,9H2,1H3,(H,21,23). The van der Waals surface area contributed by atoms with Crippen molar-refractivity contribution < 1.29 is 14.3 Å². The van der Waals surface area contributed by atoms with E-state index in [0.29, 0.717) is 34.0 Å². The lowest BCUT2D eigenvalue weighted by molar-refractivity contribution is 0.0656. The van der Waals surface area contributed by atoms with Crippen molar-refractivity contribution in [1.82, 2.24) is 14.9 Å². The van der Waals surface area contributed by atoms with Crippen molar-refractivity contribution in [1.29, 1.82) is 0 Å². The number of rotatable bonds is 4. The topological polar surface area (TPSA) is 92.4 Å². The molecule has 0 radical (unpaired) electrons. The van der Waals surface area contributed by atoms with Crippen molar-refractivity contribution in [3.63, 3.8) is 0 Å². The highest BCUT2D eigenvalue weighted by Gasteiger charge is 2.34. The second kappa shape index (κ2) is 6.11. The van der Waals surface area contributed by atoms with Gasteiger partial charge in [-0.3, -0.25) is 19.3 Å². The van der Waals surface area contributed by atoms with Crippen LogP contribution in [0.1, 0.15) is 26.4 Å². The van der Waals surface area contributed by atoms with Crippen molar-refractivity contribution in [2.75, 3.05) is 13.7 Å². The average Bonchev–Trinajstić information content (AvgIpc) is 2.90. The molecule has 130 valence electrons. The van der Waals surface area contributed by atoms with Crippen LogP contribution in [0.2, 0.25) is 0 Å². The van der Waals surface area contributed by atoms with E-state index in [0.717, 1.165) is 0 Å². The first-order valence-corrected chi connectivity index (χ1v) is 8.10. The van der Waals surface area contributed by atoms with E-state index in [1.807, 2.05) is 0 Å². The number of carbonyl (C=O) groups is 2. The number of amides is 2. The third kappa shape index (κ3) is 2.45. The molecule has 1 aromatic carbocycles. The van der Waals surface area contributed by atoms with Crippen LogP contribution in [0.15, 0.2) is 47.4 Å². The summed E-state index contributed by atoms with van der Waals surface area (Å²) in [5.41, 5.74) is 1.15. The quantitative estimate of drug-likeness (QED) is 0.725. The van der Waals surface area contributed by atoms with Crippen molar-refractivity contribution >= 4 is 22.6 Å². The molecule has 0 spiro atoms. The SMILES string of the molecule is COc1nccc2cc(CCN3C(=O)c4ccccc4C3=O)[nH]c(=O)c12. The van der Waals surface area contributed by atoms with E-state index in [2.05, 4.69) is 9.97 Å². The summed E-state index contributed by atoms with van der Waals surface area (Å²) in [6.07, 6.45) is 1.91. The number of pyridine rings is 2. The number of ether oxygens (including phenoxy) is 1. The first-order chi connectivity index (χ1) is 12.6. The number of aromatic amines is 1. The van der Waals surface area contributed by atoms with Crippen molar-refractivity contribution in [2.45, 2.75) is 6.42 Å². The maximum absolute atomic E-state index is 12.4. The van der Waals surface area contributed by atoms with Gasteiger partial charge in [0.2, 0.25) is 5.88 Å². The van der Waals surface area contributed by atoms with Crippen LogP contribution in [0.25, 0.3) is 10.8 Å². The molecule has 0 atom stereocenters. The molecule has 0 saturated heterocycles. The van der Waals surface area contributed by atoms with Gasteiger partial charge in [-0.25, -0.2) is 4.98 Å². The zero-order chi connectivity index (χ0) is 18.3. The molecule has 7 nitrogen and oxygen atoms in total. The summed E-state index contributed by atoms with van der Waals surface area (Å²) >= 11 is 0. The molecule has 0 unspecified atom stereocenters. The van der Waals surface area contributed by atoms with E-state index in [1.165, 1.54) is 12.0 Å². The molecule has 0 saturated carbocycles. The lowest BCUT2D eigenvalue weighted by Gasteiger charge is -2.14. The molecule has 1 aliphatic rings. The number of aromatic nitrogens is 2. The molecule has 0 bridgehead atoms. The van der Waals surface area contributed by atoms with Gasteiger partial charge in [-0.2, -0.15) is 0 Å². The largest absolute Gasteiger partial charge is 0.480 e. The van der Waals surface area contributed by atoms with E-state index >= 15 is 0 Å². The summed E-state index contributed by atoms with van der Waals surface area (Å²) in [7, 11) is 1.46. The van der Waals surface area contributed by atoms with Gasteiger partial charge in [0.25, 0.3) is 17.4 Å². The van der Waals surface area contributed by atoms with Gasteiger partial charge >= 0.3 is 0 Å². The number of methoxy groups -OCH3 is 1. The highest BCUT2D eigenvalue weighted by molar-refractivity contribution is 6.21. The maximum Gasteiger partial charge on any atom is 0.261 e. The number of nitrogens with one attached hydrogen (secondary N) is 1. The minimum atomic E-state index is -0.315. The first-order valence-electron chi connectivity index (χ1n) is 8.10. The Bertz CT molecular complexity index is 1070. The number of nitrogens with zero attached hydrogens (tertiary/aromatic N) is 2. The molecule has 2 aromatic heterocycles. The molecule has 1 aliphatic heterocycles. The molecule has 26 heavy (non-hydrogen) atoms. The van der Waals surface area contributed by atoms with Crippen LogP contribution in [0.5, 0.6) is 5.88 Å². The molecule has 3 heterocycles. The first kappa shape index (κ1) is 16.0. The van der Waals surface area contributed by atoms with Crippen LogP contribution < -0.4 is 10.3 Å². The second-order valence-electron chi connectivity index (χ2n) is 5.97. The van der Waals surface area contributed by atoms with Gasteiger partial charge in [0.1, 0.15) is 5.39 Å². The van der Waals surface area contributed by atoms with Crippen LogP contribution >= 0.6 is 0 Å². The van der Waals surface area contributed by atoms with Gasteiger partial charge in [-0.05, 0) is 29.7 Å². The van der Waals surface area contributed by atoms with Crippen LogP contribution in [-0.4, -0.2) is 40.3 Å². The molecule has 7 heteroatoms. The molecule has 4 rings (SSSR count). The Morgan fingerprint density at radius 2 is 1.77 bits per heavy atom. The molecule has 2 amide bonds. The second-order valence-corrected chi connectivity index (χ2v) is 5.97. The maximum atomic E-state index is 12.4. The summed E-state index contributed by atoms with van der Waals surface area (Å²) in [6.45, 7) is 0.190. The third-order valence-corrected chi connectivity index (χ3v) is 4.46.